The molecule has 2 nitrogen and oxygen atoms in total. The highest BCUT2D eigenvalue weighted by molar-refractivity contribution is 7.09. The predicted octanol–water partition coefficient (Wildman–Crippen LogP) is 3.80. The standard InChI is InChI=1S/C14H26N2S/c1-5-7-11(3)8-13(15-6-2)9-14-10-17-12(4)16-14/h10-11,13,15H,5-9H2,1-4H3. The lowest BCUT2D eigenvalue weighted by atomic mass is 9.95. The van der Waals surface area contributed by atoms with Gasteiger partial charge in [0, 0.05) is 17.8 Å². The fraction of sp³-hybridized carbons (Fsp3) is 0.786. The van der Waals surface area contributed by atoms with Crippen molar-refractivity contribution in [1.82, 2.24) is 10.3 Å². The molecule has 1 aromatic heterocycles. The lowest BCUT2D eigenvalue weighted by molar-refractivity contribution is 0.384. The molecule has 0 spiro atoms. The second-order valence-electron chi connectivity index (χ2n) is 4.95. The van der Waals surface area contributed by atoms with Crippen LogP contribution < -0.4 is 5.32 Å². The third kappa shape index (κ3) is 5.64. The van der Waals surface area contributed by atoms with E-state index in [0.29, 0.717) is 6.04 Å². The van der Waals surface area contributed by atoms with E-state index < -0.39 is 0 Å². The van der Waals surface area contributed by atoms with Crippen molar-refractivity contribution in [2.45, 2.75) is 59.4 Å². The average Bonchev–Trinajstić information content (AvgIpc) is 2.64. The van der Waals surface area contributed by atoms with Crippen molar-refractivity contribution >= 4 is 11.3 Å². The lowest BCUT2D eigenvalue weighted by Gasteiger charge is -2.20. The topological polar surface area (TPSA) is 24.9 Å². The van der Waals surface area contributed by atoms with Crippen LogP contribution in [0.25, 0.3) is 0 Å². The van der Waals surface area contributed by atoms with Crippen LogP contribution in [0.15, 0.2) is 5.38 Å². The van der Waals surface area contributed by atoms with Gasteiger partial charge in [0.1, 0.15) is 0 Å². The number of aryl methyl sites for hydroxylation is 1. The van der Waals surface area contributed by atoms with Gasteiger partial charge in [0.2, 0.25) is 0 Å². The Morgan fingerprint density at radius 3 is 2.71 bits per heavy atom. The molecule has 0 aliphatic heterocycles. The van der Waals surface area contributed by atoms with E-state index in [4.69, 9.17) is 0 Å². The Hall–Kier alpha value is -0.410. The summed E-state index contributed by atoms with van der Waals surface area (Å²) in [5.41, 5.74) is 1.25. The summed E-state index contributed by atoms with van der Waals surface area (Å²) in [4.78, 5) is 4.56. The lowest BCUT2D eigenvalue weighted by Crippen LogP contribution is -2.32. The largest absolute Gasteiger partial charge is 0.314 e. The SMILES string of the molecule is CCCC(C)CC(Cc1csc(C)n1)NCC. The zero-order chi connectivity index (χ0) is 12.7. The summed E-state index contributed by atoms with van der Waals surface area (Å²) in [7, 11) is 0. The van der Waals surface area contributed by atoms with E-state index >= 15 is 0 Å². The Bertz CT molecular complexity index is 309. The molecule has 0 saturated carbocycles. The summed E-state index contributed by atoms with van der Waals surface area (Å²) in [6, 6.07) is 0.586. The van der Waals surface area contributed by atoms with Gasteiger partial charge >= 0.3 is 0 Å². The smallest absolute Gasteiger partial charge is 0.0897 e. The van der Waals surface area contributed by atoms with Crippen LogP contribution in [0.5, 0.6) is 0 Å². The second-order valence-corrected chi connectivity index (χ2v) is 6.01. The van der Waals surface area contributed by atoms with Crippen LogP contribution in [0.4, 0.5) is 0 Å². The summed E-state index contributed by atoms with van der Waals surface area (Å²) in [5, 5.41) is 6.97. The number of hydrogen-bond donors (Lipinski definition) is 1. The fourth-order valence-electron chi connectivity index (χ4n) is 2.38. The van der Waals surface area contributed by atoms with Crippen molar-refractivity contribution in [2.24, 2.45) is 5.92 Å². The molecule has 0 aliphatic carbocycles. The van der Waals surface area contributed by atoms with Gasteiger partial charge < -0.3 is 5.32 Å². The molecule has 3 heteroatoms. The minimum absolute atomic E-state index is 0.586. The van der Waals surface area contributed by atoms with Crippen molar-refractivity contribution in [2.75, 3.05) is 6.54 Å². The van der Waals surface area contributed by atoms with Crippen molar-refractivity contribution in [3.63, 3.8) is 0 Å². The van der Waals surface area contributed by atoms with Crippen molar-refractivity contribution in [1.29, 1.82) is 0 Å². The highest BCUT2D eigenvalue weighted by atomic mass is 32.1. The second kappa shape index (κ2) is 7.83. The maximum Gasteiger partial charge on any atom is 0.0897 e. The molecular formula is C14H26N2S. The average molecular weight is 254 g/mol. The van der Waals surface area contributed by atoms with Gasteiger partial charge in [0.25, 0.3) is 0 Å². The van der Waals surface area contributed by atoms with Gasteiger partial charge in [-0.15, -0.1) is 11.3 Å². The maximum absolute atomic E-state index is 4.56. The van der Waals surface area contributed by atoms with Crippen LogP contribution in [-0.2, 0) is 6.42 Å². The molecule has 0 amide bonds. The van der Waals surface area contributed by atoms with Crippen LogP contribution in [0.2, 0.25) is 0 Å². The molecule has 1 heterocycles. The third-order valence-corrected chi connectivity index (χ3v) is 3.91. The van der Waals surface area contributed by atoms with Gasteiger partial charge in [0.05, 0.1) is 10.7 Å². The van der Waals surface area contributed by atoms with Crippen molar-refractivity contribution in [3.8, 4) is 0 Å². The van der Waals surface area contributed by atoms with E-state index in [1.54, 1.807) is 11.3 Å². The molecule has 98 valence electrons. The molecule has 17 heavy (non-hydrogen) atoms. The van der Waals surface area contributed by atoms with E-state index in [1.807, 2.05) is 0 Å². The number of nitrogens with zero attached hydrogens (tertiary/aromatic N) is 1. The van der Waals surface area contributed by atoms with Gasteiger partial charge in [0.15, 0.2) is 0 Å². The summed E-state index contributed by atoms with van der Waals surface area (Å²) < 4.78 is 0. The van der Waals surface area contributed by atoms with Crippen molar-refractivity contribution < 1.29 is 0 Å². The fourth-order valence-corrected chi connectivity index (χ4v) is 3.00. The number of thiazole rings is 1. The number of aromatic nitrogens is 1. The van der Waals surface area contributed by atoms with Gasteiger partial charge in [-0.3, -0.25) is 0 Å². The molecule has 2 atom stereocenters. The summed E-state index contributed by atoms with van der Waals surface area (Å²) >= 11 is 1.75. The van der Waals surface area contributed by atoms with Crippen molar-refractivity contribution in [3.05, 3.63) is 16.1 Å². The van der Waals surface area contributed by atoms with E-state index in [9.17, 15) is 0 Å². The number of rotatable bonds is 8. The first kappa shape index (κ1) is 14.7. The monoisotopic (exact) mass is 254 g/mol. The Kier molecular flexibility index (Phi) is 6.75. The molecule has 2 unspecified atom stereocenters. The van der Waals surface area contributed by atoms with Crippen LogP contribution >= 0.6 is 11.3 Å². The Balaban J connectivity index is 2.47. The van der Waals surface area contributed by atoms with Crippen LogP contribution in [-0.4, -0.2) is 17.6 Å². The molecule has 0 saturated heterocycles. The molecular weight excluding hydrogens is 228 g/mol. The molecule has 1 N–H and O–H groups in total. The number of hydrogen-bond acceptors (Lipinski definition) is 3. The van der Waals surface area contributed by atoms with Gasteiger partial charge in [-0.25, -0.2) is 4.98 Å². The van der Waals surface area contributed by atoms with E-state index in [-0.39, 0.29) is 0 Å². The Morgan fingerprint density at radius 2 is 2.18 bits per heavy atom. The Morgan fingerprint density at radius 1 is 1.41 bits per heavy atom. The molecule has 0 fully saturated rings. The molecule has 0 aromatic carbocycles. The first-order valence-electron chi connectivity index (χ1n) is 6.80. The third-order valence-electron chi connectivity index (χ3n) is 3.08. The first-order chi connectivity index (χ1) is 8.15. The minimum atomic E-state index is 0.586. The summed E-state index contributed by atoms with van der Waals surface area (Å²) in [6.07, 6.45) is 4.96. The van der Waals surface area contributed by atoms with Crippen LogP contribution in [0.1, 0.15) is 50.7 Å². The first-order valence-corrected chi connectivity index (χ1v) is 7.68. The van der Waals surface area contributed by atoms with E-state index in [2.05, 4.69) is 43.4 Å². The van der Waals surface area contributed by atoms with E-state index in [0.717, 1.165) is 18.9 Å². The summed E-state index contributed by atoms with van der Waals surface area (Å²) in [6.45, 7) is 9.94. The minimum Gasteiger partial charge on any atom is -0.314 e. The van der Waals surface area contributed by atoms with Crippen LogP contribution in [0, 0.1) is 12.8 Å². The number of likely N-dealkylation sites (N-methyl/N-ethyl adjacent to an activating group) is 1. The zero-order valence-electron chi connectivity index (χ0n) is 11.6. The molecule has 1 aromatic rings. The normalized spacial score (nSPS) is 14.8. The summed E-state index contributed by atoms with van der Waals surface area (Å²) in [5.74, 6) is 0.809. The predicted molar refractivity (Wildman–Crippen MR) is 76.7 cm³/mol. The maximum atomic E-state index is 4.56. The van der Waals surface area contributed by atoms with Gasteiger partial charge in [-0.2, -0.15) is 0 Å². The van der Waals surface area contributed by atoms with Gasteiger partial charge in [-0.1, -0.05) is 33.6 Å². The number of nitrogens with one attached hydrogen (secondary N) is 1. The quantitative estimate of drug-likeness (QED) is 0.763. The molecule has 0 bridgehead atoms. The highest BCUT2D eigenvalue weighted by Gasteiger charge is 2.13. The highest BCUT2D eigenvalue weighted by Crippen LogP contribution is 2.17. The molecule has 1 rings (SSSR count). The molecule has 0 aliphatic rings. The molecule has 0 radical (unpaired) electrons. The van der Waals surface area contributed by atoms with Gasteiger partial charge in [-0.05, 0) is 25.8 Å². The zero-order valence-corrected chi connectivity index (χ0v) is 12.4. The van der Waals surface area contributed by atoms with E-state index in [1.165, 1.54) is 30.0 Å². The Labute approximate surface area is 110 Å². The van der Waals surface area contributed by atoms with Crippen LogP contribution in [0.3, 0.4) is 0 Å².